The number of anilines is 1. The normalized spacial score (nSPS) is 24.4. The molecule has 2 amide bonds. The minimum absolute atomic E-state index is 0.0519. The summed E-state index contributed by atoms with van der Waals surface area (Å²) in [6.45, 7) is 3.08. The average Bonchev–Trinajstić information content (AvgIpc) is 3.44. The Bertz CT molecular complexity index is 1280. The van der Waals surface area contributed by atoms with Crippen LogP contribution in [0.25, 0.3) is 0 Å². The van der Waals surface area contributed by atoms with Crippen LogP contribution in [-0.2, 0) is 17.8 Å². The van der Waals surface area contributed by atoms with Gasteiger partial charge in [-0.2, -0.15) is 31.6 Å². The zero-order valence-electron chi connectivity index (χ0n) is 22.5. The number of hydrogen-bond donors (Lipinski definition) is 1. The molecular formula is C30H32F6N4O. The summed E-state index contributed by atoms with van der Waals surface area (Å²) in [5, 5.41) is 11.7. The van der Waals surface area contributed by atoms with Gasteiger partial charge in [0.2, 0.25) is 0 Å². The number of benzene rings is 2. The molecule has 3 fully saturated rings. The van der Waals surface area contributed by atoms with Gasteiger partial charge in [-0.25, -0.2) is 4.79 Å². The molecule has 3 aliphatic rings. The lowest BCUT2D eigenvalue weighted by atomic mass is 9.80. The topological polar surface area (TPSA) is 59.4 Å². The highest BCUT2D eigenvalue weighted by Crippen LogP contribution is 2.63. The van der Waals surface area contributed by atoms with Crippen LogP contribution in [0.2, 0.25) is 0 Å². The van der Waals surface area contributed by atoms with Crippen molar-refractivity contribution in [2.75, 3.05) is 31.5 Å². The smallest absolute Gasteiger partial charge is 0.321 e. The molecule has 3 atom stereocenters. The lowest BCUT2D eigenvalue weighted by Crippen LogP contribution is -2.46. The molecule has 5 nitrogen and oxygen atoms in total. The Morgan fingerprint density at radius 2 is 1.73 bits per heavy atom. The van der Waals surface area contributed by atoms with Gasteiger partial charge in [0.1, 0.15) is 0 Å². The lowest BCUT2D eigenvalue weighted by molar-refractivity contribution is -0.143. The maximum absolute atomic E-state index is 13.5. The molecule has 41 heavy (non-hydrogen) atoms. The number of halogens is 6. The van der Waals surface area contributed by atoms with Crippen molar-refractivity contribution in [1.82, 2.24) is 9.80 Å². The number of nitriles is 1. The van der Waals surface area contributed by atoms with E-state index in [9.17, 15) is 36.4 Å². The molecule has 2 saturated carbocycles. The van der Waals surface area contributed by atoms with E-state index < -0.39 is 35.2 Å². The Labute approximate surface area is 235 Å². The lowest BCUT2D eigenvalue weighted by Gasteiger charge is -2.37. The molecule has 0 radical (unpaired) electrons. The second-order valence-corrected chi connectivity index (χ2v) is 11.5. The summed E-state index contributed by atoms with van der Waals surface area (Å²) in [6, 6.07) is 9.99. The van der Waals surface area contributed by atoms with Crippen molar-refractivity contribution in [1.29, 1.82) is 5.26 Å². The SMILES string of the molecule is N#Cc1cccc(C23CCC(N(CCCN4CCCC4)C(=O)Nc4cc(C(F)(F)F)cc(C(F)(F)F)c4)CC2C3)c1. The number of carbonyl (C=O) groups excluding carboxylic acids is 1. The molecule has 1 saturated heterocycles. The Kier molecular flexibility index (Phi) is 7.99. The Hall–Kier alpha value is -3.26. The number of urea groups is 1. The summed E-state index contributed by atoms with van der Waals surface area (Å²) in [7, 11) is 0. The number of likely N-dealkylation sites (tertiary alicyclic amines) is 1. The Morgan fingerprint density at radius 3 is 2.34 bits per heavy atom. The van der Waals surface area contributed by atoms with Crippen LogP contribution in [0.1, 0.15) is 67.2 Å². The predicted molar refractivity (Wildman–Crippen MR) is 141 cm³/mol. The van der Waals surface area contributed by atoms with Gasteiger partial charge in [0.25, 0.3) is 0 Å². The highest BCUT2D eigenvalue weighted by Gasteiger charge is 2.58. The van der Waals surface area contributed by atoms with E-state index in [4.69, 9.17) is 0 Å². The largest absolute Gasteiger partial charge is 0.416 e. The zero-order chi connectivity index (χ0) is 29.4. The van der Waals surface area contributed by atoms with Crippen molar-refractivity contribution in [3.63, 3.8) is 0 Å². The van der Waals surface area contributed by atoms with Gasteiger partial charge in [-0.05, 0) is 112 Å². The van der Waals surface area contributed by atoms with Gasteiger partial charge in [-0.3, -0.25) is 0 Å². The number of rotatable bonds is 7. The van der Waals surface area contributed by atoms with E-state index >= 15 is 0 Å². The number of nitrogens with one attached hydrogen (secondary N) is 1. The van der Waals surface area contributed by atoms with Crippen molar-refractivity contribution in [3.05, 3.63) is 64.7 Å². The molecule has 0 aromatic heterocycles. The number of alkyl halides is 6. The van der Waals surface area contributed by atoms with Crippen LogP contribution in [0.15, 0.2) is 42.5 Å². The highest BCUT2D eigenvalue weighted by molar-refractivity contribution is 5.90. The van der Waals surface area contributed by atoms with Gasteiger partial charge in [0.15, 0.2) is 0 Å². The van der Waals surface area contributed by atoms with E-state index in [-0.39, 0.29) is 23.4 Å². The van der Waals surface area contributed by atoms with Crippen LogP contribution in [0.5, 0.6) is 0 Å². The van der Waals surface area contributed by atoms with E-state index in [1.165, 1.54) is 0 Å². The van der Waals surface area contributed by atoms with Crippen molar-refractivity contribution in [3.8, 4) is 6.07 Å². The quantitative estimate of drug-likeness (QED) is 0.348. The standard InChI is InChI=1S/C30H32F6N4O/c31-29(32,33)22-14-23(30(34,35)36)16-25(15-22)38-27(41)40(12-4-11-39-9-1-2-10-39)26-7-8-28(18-24(28)17-26)21-6-3-5-20(13-21)19-37/h3,5-6,13-16,24,26H,1-2,4,7-12,17-18H2,(H,38,41). The first-order valence-electron chi connectivity index (χ1n) is 14.0. The number of fused-ring (bicyclic) bond motifs is 1. The fourth-order valence-electron chi connectivity index (χ4n) is 6.69. The average molecular weight is 579 g/mol. The molecule has 11 heteroatoms. The zero-order valence-corrected chi connectivity index (χ0v) is 22.5. The van der Waals surface area contributed by atoms with Gasteiger partial charge in [-0.15, -0.1) is 0 Å². The third-order valence-electron chi connectivity index (χ3n) is 8.89. The summed E-state index contributed by atoms with van der Waals surface area (Å²) in [5.74, 6) is 0.287. The first-order chi connectivity index (χ1) is 19.4. The second-order valence-electron chi connectivity index (χ2n) is 11.5. The van der Waals surface area contributed by atoms with Gasteiger partial charge < -0.3 is 15.1 Å². The maximum Gasteiger partial charge on any atom is 0.416 e. The molecular weight excluding hydrogens is 546 g/mol. The van der Waals surface area contributed by atoms with Crippen LogP contribution in [0.4, 0.5) is 36.8 Å². The number of amides is 2. The monoisotopic (exact) mass is 578 g/mol. The molecule has 2 aromatic carbocycles. The van der Waals surface area contributed by atoms with Crippen molar-refractivity contribution < 1.29 is 31.1 Å². The minimum Gasteiger partial charge on any atom is -0.321 e. The molecule has 1 aliphatic heterocycles. The minimum atomic E-state index is -5.00. The van der Waals surface area contributed by atoms with Gasteiger partial charge in [0, 0.05) is 18.3 Å². The van der Waals surface area contributed by atoms with Crippen LogP contribution < -0.4 is 5.32 Å². The second kappa shape index (κ2) is 11.2. The third-order valence-corrected chi connectivity index (χ3v) is 8.89. The summed E-state index contributed by atoms with van der Waals surface area (Å²) in [6.07, 6.45) is -4.08. The van der Waals surface area contributed by atoms with Gasteiger partial charge in [0.05, 0.1) is 22.8 Å². The van der Waals surface area contributed by atoms with Gasteiger partial charge in [-0.1, -0.05) is 12.1 Å². The molecule has 1 N–H and O–H groups in total. The number of nitrogens with zero attached hydrogens (tertiary/aromatic N) is 3. The third kappa shape index (κ3) is 6.48. The van der Waals surface area contributed by atoms with E-state index in [1.807, 2.05) is 18.2 Å². The summed E-state index contributed by atoms with van der Waals surface area (Å²) < 4.78 is 80.4. The van der Waals surface area contributed by atoms with E-state index in [0.29, 0.717) is 43.5 Å². The summed E-state index contributed by atoms with van der Waals surface area (Å²) in [4.78, 5) is 17.4. The van der Waals surface area contributed by atoms with Crippen LogP contribution in [0.3, 0.4) is 0 Å². The fraction of sp³-hybridized carbons (Fsp3) is 0.533. The van der Waals surface area contributed by atoms with E-state index in [1.54, 1.807) is 11.0 Å². The van der Waals surface area contributed by atoms with Gasteiger partial charge >= 0.3 is 18.4 Å². The molecule has 5 rings (SSSR count). The molecule has 0 bridgehead atoms. The first kappa shape index (κ1) is 29.2. The molecule has 0 spiro atoms. The highest BCUT2D eigenvalue weighted by atomic mass is 19.4. The molecule has 2 aromatic rings. The maximum atomic E-state index is 13.5. The molecule has 3 unspecified atom stereocenters. The van der Waals surface area contributed by atoms with Crippen molar-refractivity contribution in [2.45, 2.75) is 68.8 Å². The van der Waals surface area contributed by atoms with Crippen LogP contribution >= 0.6 is 0 Å². The van der Waals surface area contributed by atoms with Crippen molar-refractivity contribution >= 4 is 11.7 Å². The van der Waals surface area contributed by atoms with Crippen molar-refractivity contribution in [2.24, 2.45) is 5.92 Å². The number of carbonyl (C=O) groups is 1. The molecule has 2 aliphatic carbocycles. The molecule has 220 valence electrons. The fourth-order valence-corrected chi connectivity index (χ4v) is 6.69. The Balaban J connectivity index is 1.34. The summed E-state index contributed by atoms with van der Waals surface area (Å²) in [5.41, 5.74) is -1.83. The summed E-state index contributed by atoms with van der Waals surface area (Å²) >= 11 is 0. The Morgan fingerprint density at radius 1 is 1.05 bits per heavy atom. The number of hydrogen-bond acceptors (Lipinski definition) is 3. The van der Waals surface area contributed by atoms with Crippen LogP contribution in [0, 0.1) is 17.2 Å². The first-order valence-corrected chi connectivity index (χ1v) is 14.0. The van der Waals surface area contributed by atoms with E-state index in [2.05, 4.69) is 16.3 Å². The van der Waals surface area contributed by atoms with E-state index in [0.717, 1.165) is 50.9 Å². The predicted octanol–water partition coefficient (Wildman–Crippen LogP) is 7.43. The molecule has 1 heterocycles. The van der Waals surface area contributed by atoms with Crippen LogP contribution in [-0.4, -0.2) is 48.1 Å².